The molecule has 0 radical (unpaired) electrons. The van der Waals surface area contributed by atoms with E-state index in [0.29, 0.717) is 12.6 Å². The summed E-state index contributed by atoms with van der Waals surface area (Å²) in [5, 5.41) is 0. The van der Waals surface area contributed by atoms with E-state index in [2.05, 4.69) is 11.8 Å². The van der Waals surface area contributed by atoms with Crippen molar-refractivity contribution in [1.82, 2.24) is 4.90 Å². The van der Waals surface area contributed by atoms with E-state index in [1.165, 1.54) is 0 Å². The summed E-state index contributed by atoms with van der Waals surface area (Å²) in [5.41, 5.74) is 0. The van der Waals surface area contributed by atoms with Crippen LogP contribution >= 0.6 is 0 Å². The third-order valence-corrected chi connectivity index (χ3v) is 2.05. The van der Waals surface area contributed by atoms with Crippen LogP contribution in [0.3, 0.4) is 0 Å². The Morgan fingerprint density at radius 3 is 3.00 bits per heavy atom. The van der Waals surface area contributed by atoms with Crippen LogP contribution in [0.1, 0.15) is 13.8 Å². The van der Waals surface area contributed by atoms with E-state index < -0.39 is 0 Å². The molecular weight excluding hydrogens is 142 g/mol. The largest absolute Gasteiger partial charge is 0.376 e. The maximum atomic E-state index is 10.2. The van der Waals surface area contributed by atoms with Crippen molar-refractivity contribution in [3.8, 4) is 0 Å². The average molecular weight is 157 g/mol. The van der Waals surface area contributed by atoms with Crippen LogP contribution in [0, 0.1) is 0 Å². The standard InChI is InChI=1S/C8H15NO2/c1-7-6-11-8(2)5-9(7)3-4-10/h4,7-8H,3,5-6H2,1-2H3. The van der Waals surface area contributed by atoms with Gasteiger partial charge in [0.25, 0.3) is 0 Å². The number of hydrogen-bond donors (Lipinski definition) is 0. The van der Waals surface area contributed by atoms with Gasteiger partial charge in [-0.1, -0.05) is 0 Å². The number of carbonyl (C=O) groups is 1. The normalized spacial score (nSPS) is 33.6. The van der Waals surface area contributed by atoms with Crippen molar-refractivity contribution in [3.63, 3.8) is 0 Å². The van der Waals surface area contributed by atoms with Crippen LogP contribution in [0.4, 0.5) is 0 Å². The van der Waals surface area contributed by atoms with Crippen molar-refractivity contribution in [2.24, 2.45) is 0 Å². The Morgan fingerprint density at radius 2 is 2.36 bits per heavy atom. The minimum absolute atomic E-state index is 0.270. The molecule has 0 amide bonds. The highest BCUT2D eigenvalue weighted by molar-refractivity contribution is 5.52. The molecule has 3 heteroatoms. The van der Waals surface area contributed by atoms with Crippen LogP contribution in [0.15, 0.2) is 0 Å². The Bertz CT molecular complexity index is 138. The first-order chi connectivity index (χ1) is 5.24. The Morgan fingerprint density at radius 1 is 1.64 bits per heavy atom. The van der Waals surface area contributed by atoms with Crippen molar-refractivity contribution in [3.05, 3.63) is 0 Å². The lowest BCUT2D eigenvalue weighted by Crippen LogP contribution is -2.47. The number of ether oxygens (including phenoxy) is 1. The summed E-state index contributed by atoms with van der Waals surface area (Å²) in [5.74, 6) is 0. The molecule has 2 atom stereocenters. The molecule has 1 aliphatic rings. The molecule has 0 aromatic heterocycles. The van der Waals surface area contributed by atoms with Gasteiger partial charge in [-0.15, -0.1) is 0 Å². The van der Waals surface area contributed by atoms with Gasteiger partial charge < -0.3 is 9.53 Å². The number of morpholine rings is 1. The maximum Gasteiger partial charge on any atom is 0.133 e. The van der Waals surface area contributed by atoms with Crippen molar-refractivity contribution in [2.75, 3.05) is 19.7 Å². The molecule has 0 N–H and O–H groups in total. The smallest absolute Gasteiger partial charge is 0.133 e. The predicted octanol–water partition coefficient (Wildman–Crippen LogP) is 0.294. The van der Waals surface area contributed by atoms with Gasteiger partial charge in [0.1, 0.15) is 6.29 Å². The van der Waals surface area contributed by atoms with Crippen molar-refractivity contribution in [1.29, 1.82) is 0 Å². The Hall–Kier alpha value is -0.410. The fourth-order valence-electron chi connectivity index (χ4n) is 1.32. The van der Waals surface area contributed by atoms with Crippen LogP contribution < -0.4 is 0 Å². The second-order valence-corrected chi connectivity index (χ2v) is 3.11. The van der Waals surface area contributed by atoms with Gasteiger partial charge in [0, 0.05) is 12.6 Å². The minimum atomic E-state index is 0.270. The van der Waals surface area contributed by atoms with Gasteiger partial charge in [-0.05, 0) is 13.8 Å². The summed E-state index contributed by atoms with van der Waals surface area (Å²) in [4.78, 5) is 12.4. The summed E-state index contributed by atoms with van der Waals surface area (Å²) in [6, 6.07) is 0.386. The third-order valence-electron chi connectivity index (χ3n) is 2.05. The lowest BCUT2D eigenvalue weighted by Gasteiger charge is -2.35. The molecule has 3 nitrogen and oxygen atoms in total. The fourth-order valence-corrected chi connectivity index (χ4v) is 1.32. The molecule has 2 unspecified atom stereocenters. The zero-order chi connectivity index (χ0) is 8.27. The third kappa shape index (κ3) is 2.27. The van der Waals surface area contributed by atoms with E-state index in [9.17, 15) is 4.79 Å². The van der Waals surface area contributed by atoms with Gasteiger partial charge in [-0.25, -0.2) is 0 Å². The van der Waals surface area contributed by atoms with Crippen LogP contribution in [-0.4, -0.2) is 43.0 Å². The van der Waals surface area contributed by atoms with Crippen molar-refractivity contribution >= 4 is 6.29 Å². The molecule has 1 rings (SSSR count). The molecule has 0 aliphatic carbocycles. The van der Waals surface area contributed by atoms with Gasteiger partial charge in [0.15, 0.2) is 0 Å². The topological polar surface area (TPSA) is 29.5 Å². The number of hydrogen-bond acceptors (Lipinski definition) is 3. The minimum Gasteiger partial charge on any atom is -0.376 e. The quantitative estimate of drug-likeness (QED) is 0.540. The van der Waals surface area contributed by atoms with E-state index in [1.807, 2.05) is 6.92 Å². The first-order valence-electron chi connectivity index (χ1n) is 4.03. The molecule has 1 saturated heterocycles. The monoisotopic (exact) mass is 157 g/mol. The molecule has 64 valence electrons. The lowest BCUT2D eigenvalue weighted by atomic mass is 10.2. The molecule has 0 bridgehead atoms. The summed E-state index contributed by atoms with van der Waals surface area (Å²) in [6.45, 7) is 6.27. The number of aldehydes is 1. The van der Waals surface area contributed by atoms with Crippen LogP contribution in [0.25, 0.3) is 0 Å². The first kappa shape index (κ1) is 8.68. The molecule has 11 heavy (non-hydrogen) atoms. The summed E-state index contributed by atoms with van der Waals surface area (Å²) in [7, 11) is 0. The van der Waals surface area contributed by atoms with Crippen molar-refractivity contribution in [2.45, 2.75) is 26.0 Å². The molecule has 0 aromatic rings. The van der Waals surface area contributed by atoms with E-state index >= 15 is 0 Å². The predicted molar refractivity (Wildman–Crippen MR) is 42.5 cm³/mol. The van der Waals surface area contributed by atoms with Gasteiger partial charge >= 0.3 is 0 Å². The van der Waals surface area contributed by atoms with E-state index in [4.69, 9.17) is 4.74 Å². The Balaban J connectivity index is 2.40. The molecule has 0 spiro atoms. The molecule has 1 fully saturated rings. The van der Waals surface area contributed by atoms with E-state index in [-0.39, 0.29) is 6.10 Å². The fraction of sp³-hybridized carbons (Fsp3) is 0.875. The number of nitrogens with zero attached hydrogens (tertiary/aromatic N) is 1. The zero-order valence-corrected chi connectivity index (χ0v) is 7.12. The number of carbonyl (C=O) groups excluding carboxylic acids is 1. The second kappa shape index (κ2) is 3.83. The first-order valence-corrected chi connectivity index (χ1v) is 4.03. The Labute approximate surface area is 67.3 Å². The van der Waals surface area contributed by atoms with Gasteiger partial charge in [0.05, 0.1) is 19.3 Å². The Kier molecular flexibility index (Phi) is 3.02. The average Bonchev–Trinajstić information content (AvgIpc) is 1.98. The summed E-state index contributed by atoms with van der Waals surface area (Å²) in [6.07, 6.45) is 1.22. The SMILES string of the molecule is CC1CN(CC=O)C(C)CO1. The molecule has 1 heterocycles. The summed E-state index contributed by atoms with van der Waals surface area (Å²) < 4.78 is 5.41. The van der Waals surface area contributed by atoms with Gasteiger partial charge in [-0.3, -0.25) is 4.90 Å². The highest BCUT2D eigenvalue weighted by Crippen LogP contribution is 2.09. The highest BCUT2D eigenvalue weighted by atomic mass is 16.5. The zero-order valence-electron chi connectivity index (χ0n) is 7.12. The van der Waals surface area contributed by atoms with E-state index in [1.54, 1.807) is 0 Å². The van der Waals surface area contributed by atoms with E-state index in [0.717, 1.165) is 19.4 Å². The molecule has 0 saturated carbocycles. The summed E-state index contributed by atoms with van der Waals surface area (Å²) >= 11 is 0. The van der Waals surface area contributed by atoms with Gasteiger partial charge in [0.2, 0.25) is 0 Å². The maximum absolute atomic E-state index is 10.2. The molecule has 1 aliphatic heterocycles. The molecule has 0 aromatic carbocycles. The molecular formula is C8H15NO2. The second-order valence-electron chi connectivity index (χ2n) is 3.11. The number of rotatable bonds is 2. The highest BCUT2D eigenvalue weighted by Gasteiger charge is 2.22. The van der Waals surface area contributed by atoms with Gasteiger partial charge in [-0.2, -0.15) is 0 Å². The lowest BCUT2D eigenvalue weighted by molar-refractivity contribution is -0.112. The van der Waals surface area contributed by atoms with Crippen molar-refractivity contribution < 1.29 is 9.53 Å². The van der Waals surface area contributed by atoms with Crippen LogP contribution in [-0.2, 0) is 9.53 Å². The van der Waals surface area contributed by atoms with Crippen LogP contribution in [0.2, 0.25) is 0 Å². The van der Waals surface area contributed by atoms with Crippen LogP contribution in [0.5, 0.6) is 0 Å².